The first-order valence-electron chi connectivity index (χ1n) is 3.35. The molecule has 0 unspecified atom stereocenters. The summed E-state index contributed by atoms with van der Waals surface area (Å²) in [5.41, 5.74) is 0. The molecule has 2 aromatic rings. The Morgan fingerprint density at radius 1 is 1.58 bits per heavy atom. The maximum atomic E-state index is 10.6. The summed E-state index contributed by atoms with van der Waals surface area (Å²) >= 11 is 1.19. The summed E-state index contributed by atoms with van der Waals surface area (Å²) < 4.78 is 0. The number of pyridine rings is 1. The molecular formula is C8H5NO2S. The number of carbonyl (C=O) groups is 1. The van der Waals surface area contributed by atoms with Gasteiger partial charge in [-0.25, -0.2) is 9.78 Å². The van der Waals surface area contributed by atoms with Gasteiger partial charge in [0.25, 0.3) is 0 Å². The van der Waals surface area contributed by atoms with E-state index in [1.807, 2.05) is 6.07 Å². The molecule has 2 aromatic heterocycles. The van der Waals surface area contributed by atoms with Crippen LogP contribution in [0.1, 0.15) is 9.67 Å². The zero-order chi connectivity index (χ0) is 8.55. The van der Waals surface area contributed by atoms with Gasteiger partial charge in [-0.3, -0.25) is 0 Å². The molecule has 0 aliphatic rings. The molecule has 0 aliphatic heterocycles. The molecule has 2 rings (SSSR count). The van der Waals surface area contributed by atoms with Crippen LogP contribution in [0.3, 0.4) is 0 Å². The molecule has 0 spiro atoms. The highest BCUT2D eigenvalue weighted by Crippen LogP contribution is 2.22. The largest absolute Gasteiger partial charge is 0.477 e. The van der Waals surface area contributed by atoms with E-state index in [9.17, 15) is 4.79 Å². The van der Waals surface area contributed by atoms with Crippen molar-refractivity contribution in [1.29, 1.82) is 0 Å². The smallest absolute Gasteiger partial charge is 0.345 e. The normalized spacial score (nSPS) is 10.3. The summed E-state index contributed by atoms with van der Waals surface area (Å²) in [6, 6.07) is 5.28. The van der Waals surface area contributed by atoms with Gasteiger partial charge in [-0.15, -0.1) is 11.3 Å². The summed E-state index contributed by atoms with van der Waals surface area (Å²) in [7, 11) is 0. The van der Waals surface area contributed by atoms with Crippen LogP contribution < -0.4 is 0 Å². The molecule has 60 valence electrons. The Balaban J connectivity index is 2.70. The van der Waals surface area contributed by atoms with Crippen LogP contribution in [0, 0.1) is 0 Å². The molecule has 1 N–H and O–H groups in total. The Morgan fingerprint density at radius 2 is 2.42 bits per heavy atom. The fourth-order valence-electron chi connectivity index (χ4n) is 0.979. The second-order valence-corrected chi connectivity index (χ2v) is 3.34. The molecule has 0 aromatic carbocycles. The number of fused-ring (bicyclic) bond motifs is 1. The van der Waals surface area contributed by atoms with E-state index >= 15 is 0 Å². The minimum atomic E-state index is -0.891. The van der Waals surface area contributed by atoms with Crippen LogP contribution >= 0.6 is 11.3 Å². The highest BCUT2D eigenvalue weighted by Gasteiger charge is 2.07. The summed E-state index contributed by atoms with van der Waals surface area (Å²) in [5.74, 6) is -0.891. The molecule has 12 heavy (non-hydrogen) atoms. The van der Waals surface area contributed by atoms with Crippen molar-refractivity contribution in [3.8, 4) is 0 Å². The predicted molar refractivity (Wildman–Crippen MR) is 46.6 cm³/mol. The molecule has 0 radical (unpaired) electrons. The monoisotopic (exact) mass is 179 g/mol. The molecule has 0 amide bonds. The van der Waals surface area contributed by atoms with Crippen molar-refractivity contribution in [3.05, 3.63) is 29.3 Å². The van der Waals surface area contributed by atoms with Crippen LogP contribution in [0.5, 0.6) is 0 Å². The van der Waals surface area contributed by atoms with Gasteiger partial charge in [0.2, 0.25) is 0 Å². The van der Waals surface area contributed by atoms with Crippen molar-refractivity contribution in [2.75, 3.05) is 0 Å². The lowest BCUT2D eigenvalue weighted by Gasteiger charge is -1.81. The average Bonchev–Trinajstić information content (AvgIpc) is 2.46. The topological polar surface area (TPSA) is 50.2 Å². The van der Waals surface area contributed by atoms with Crippen LogP contribution in [-0.2, 0) is 0 Å². The van der Waals surface area contributed by atoms with E-state index in [2.05, 4.69) is 4.98 Å². The molecule has 0 fully saturated rings. The van der Waals surface area contributed by atoms with E-state index in [-0.39, 0.29) is 0 Å². The van der Waals surface area contributed by atoms with Crippen LogP contribution in [0.15, 0.2) is 24.4 Å². The van der Waals surface area contributed by atoms with Gasteiger partial charge in [0.15, 0.2) is 0 Å². The molecule has 2 heterocycles. The van der Waals surface area contributed by atoms with Crippen molar-refractivity contribution in [3.63, 3.8) is 0 Å². The van der Waals surface area contributed by atoms with Gasteiger partial charge in [0.1, 0.15) is 9.71 Å². The molecule has 0 atom stereocenters. The SMILES string of the molecule is O=C(O)c1cc2cccnc2s1. The maximum absolute atomic E-state index is 10.6. The van der Waals surface area contributed by atoms with Gasteiger partial charge in [-0.2, -0.15) is 0 Å². The van der Waals surface area contributed by atoms with Crippen LogP contribution in [-0.4, -0.2) is 16.1 Å². The number of aromatic nitrogens is 1. The third-order valence-corrected chi connectivity index (χ3v) is 2.55. The number of nitrogens with zero attached hydrogens (tertiary/aromatic N) is 1. The fourth-order valence-corrected chi connectivity index (χ4v) is 1.82. The van der Waals surface area contributed by atoms with Crippen LogP contribution in [0.2, 0.25) is 0 Å². The molecule has 0 bridgehead atoms. The highest BCUT2D eigenvalue weighted by molar-refractivity contribution is 7.20. The molecule has 3 nitrogen and oxygen atoms in total. The number of hydrogen-bond acceptors (Lipinski definition) is 3. The van der Waals surface area contributed by atoms with E-state index in [0.717, 1.165) is 10.2 Å². The number of rotatable bonds is 1. The molecule has 4 heteroatoms. The summed E-state index contributed by atoms with van der Waals surface area (Å²) in [4.78, 5) is 15.7. The fraction of sp³-hybridized carbons (Fsp3) is 0. The Kier molecular flexibility index (Phi) is 1.55. The van der Waals surface area contributed by atoms with Gasteiger partial charge in [0.05, 0.1) is 0 Å². The Bertz CT molecular complexity index is 402. The van der Waals surface area contributed by atoms with Crippen molar-refractivity contribution < 1.29 is 9.90 Å². The van der Waals surface area contributed by atoms with Gasteiger partial charge in [-0.1, -0.05) is 6.07 Å². The third kappa shape index (κ3) is 1.06. The van der Waals surface area contributed by atoms with Crippen molar-refractivity contribution in [2.45, 2.75) is 0 Å². The summed E-state index contributed by atoms with van der Waals surface area (Å²) in [6.07, 6.45) is 1.66. The minimum Gasteiger partial charge on any atom is -0.477 e. The zero-order valence-electron chi connectivity index (χ0n) is 6.02. The number of carboxylic acid groups (broad SMARTS) is 1. The molecule has 0 saturated carbocycles. The van der Waals surface area contributed by atoms with Crippen LogP contribution in [0.4, 0.5) is 0 Å². The average molecular weight is 179 g/mol. The Morgan fingerprint density at radius 3 is 3.08 bits per heavy atom. The number of aromatic carboxylic acids is 1. The van der Waals surface area contributed by atoms with Crippen molar-refractivity contribution >= 4 is 27.5 Å². The van der Waals surface area contributed by atoms with Crippen molar-refractivity contribution in [2.24, 2.45) is 0 Å². The molecule has 0 saturated heterocycles. The second kappa shape index (κ2) is 2.57. The Labute approximate surface area is 72.3 Å². The molecular weight excluding hydrogens is 174 g/mol. The third-order valence-electron chi connectivity index (χ3n) is 1.50. The maximum Gasteiger partial charge on any atom is 0.345 e. The number of carboxylic acids is 1. The summed E-state index contributed by atoms with van der Waals surface area (Å²) in [6.45, 7) is 0. The quantitative estimate of drug-likeness (QED) is 0.728. The first-order valence-corrected chi connectivity index (χ1v) is 4.17. The van der Waals surface area contributed by atoms with E-state index in [1.165, 1.54) is 11.3 Å². The lowest BCUT2D eigenvalue weighted by Crippen LogP contribution is -1.89. The first kappa shape index (κ1) is 7.24. The minimum absolute atomic E-state index is 0.337. The first-order chi connectivity index (χ1) is 5.77. The summed E-state index contributed by atoms with van der Waals surface area (Å²) in [5, 5.41) is 9.56. The predicted octanol–water partition coefficient (Wildman–Crippen LogP) is 1.99. The van der Waals surface area contributed by atoms with E-state index < -0.39 is 5.97 Å². The molecule has 0 aliphatic carbocycles. The van der Waals surface area contributed by atoms with Gasteiger partial charge >= 0.3 is 5.97 Å². The number of thiophene rings is 1. The Hall–Kier alpha value is -1.42. The zero-order valence-corrected chi connectivity index (χ0v) is 6.84. The lowest BCUT2D eigenvalue weighted by atomic mass is 10.3. The standard InChI is InChI=1S/C8H5NO2S/c10-8(11)6-4-5-2-1-3-9-7(5)12-6/h1-4H,(H,10,11). The van der Waals surface area contributed by atoms with E-state index in [4.69, 9.17) is 5.11 Å². The van der Waals surface area contributed by atoms with Crippen LogP contribution in [0.25, 0.3) is 10.2 Å². The van der Waals surface area contributed by atoms with E-state index in [1.54, 1.807) is 18.3 Å². The van der Waals surface area contributed by atoms with Gasteiger partial charge < -0.3 is 5.11 Å². The van der Waals surface area contributed by atoms with Gasteiger partial charge in [0, 0.05) is 11.6 Å². The van der Waals surface area contributed by atoms with Crippen molar-refractivity contribution in [1.82, 2.24) is 4.98 Å². The van der Waals surface area contributed by atoms with Gasteiger partial charge in [-0.05, 0) is 12.1 Å². The second-order valence-electron chi connectivity index (χ2n) is 2.31. The highest BCUT2D eigenvalue weighted by atomic mass is 32.1. The number of hydrogen-bond donors (Lipinski definition) is 1. The lowest BCUT2D eigenvalue weighted by molar-refractivity contribution is 0.0702. The van der Waals surface area contributed by atoms with E-state index in [0.29, 0.717) is 4.88 Å².